The summed E-state index contributed by atoms with van der Waals surface area (Å²) in [5.74, 6) is -3.12. The van der Waals surface area contributed by atoms with Crippen molar-refractivity contribution in [3.63, 3.8) is 0 Å². The van der Waals surface area contributed by atoms with Gasteiger partial charge < -0.3 is 26.4 Å². The Labute approximate surface area is 215 Å². The molecule has 1 aromatic heterocycles. The van der Waals surface area contributed by atoms with E-state index in [9.17, 15) is 23.2 Å². The number of hydrogen-bond acceptors (Lipinski definition) is 7. The van der Waals surface area contributed by atoms with E-state index in [2.05, 4.69) is 9.69 Å². The number of hydrogen-bond donors (Lipinski definition) is 3. The van der Waals surface area contributed by atoms with Crippen LogP contribution >= 0.6 is 11.5 Å². The number of benzene rings is 2. The standard InChI is InChI=1S/C25H25F2N5O4S/c26-16-7-3-14(4-8-16)13-32(25(35)22-19(28)20(23(29)33)31-37-22)21(15-5-9-17(27)10-6-15)24(34)30-12-18-2-1-11-36-18/h3-10,18,21H,1-2,11-13,28H2,(H2,29,33)(H,30,34)/t18-,21+/m0/s1. The summed E-state index contributed by atoms with van der Waals surface area (Å²) in [5, 5.41) is 2.83. The number of ether oxygens (including phenoxy) is 1. The van der Waals surface area contributed by atoms with E-state index in [4.69, 9.17) is 16.2 Å². The summed E-state index contributed by atoms with van der Waals surface area (Å²) >= 11 is 0.676. The van der Waals surface area contributed by atoms with E-state index in [0.29, 0.717) is 29.3 Å². The molecule has 194 valence electrons. The molecule has 9 nitrogen and oxygen atoms in total. The number of rotatable bonds is 9. The van der Waals surface area contributed by atoms with Gasteiger partial charge in [-0.3, -0.25) is 14.4 Å². The average molecular weight is 530 g/mol. The minimum Gasteiger partial charge on any atom is -0.395 e. The highest BCUT2D eigenvalue weighted by atomic mass is 32.1. The van der Waals surface area contributed by atoms with Crippen molar-refractivity contribution in [2.45, 2.75) is 31.5 Å². The molecule has 4 rings (SSSR count). The monoisotopic (exact) mass is 529 g/mol. The van der Waals surface area contributed by atoms with Crippen LogP contribution in [-0.2, 0) is 16.1 Å². The molecule has 1 aliphatic heterocycles. The first-order valence-electron chi connectivity index (χ1n) is 11.5. The summed E-state index contributed by atoms with van der Waals surface area (Å²) in [6.45, 7) is 0.700. The highest BCUT2D eigenvalue weighted by molar-refractivity contribution is 7.09. The Bertz CT molecular complexity index is 1280. The molecule has 5 N–H and O–H groups in total. The molecule has 2 heterocycles. The van der Waals surface area contributed by atoms with Crippen LogP contribution in [0.1, 0.15) is 50.2 Å². The van der Waals surface area contributed by atoms with Gasteiger partial charge in [0.1, 0.15) is 22.6 Å². The summed E-state index contributed by atoms with van der Waals surface area (Å²) in [5.41, 5.74) is 11.7. The Morgan fingerprint density at radius 1 is 1.11 bits per heavy atom. The molecule has 1 aliphatic rings. The molecule has 0 unspecified atom stereocenters. The van der Waals surface area contributed by atoms with Crippen LogP contribution in [0.25, 0.3) is 0 Å². The second-order valence-electron chi connectivity index (χ2n) is 8.53. The van der Waals surface area contributed by atoms with Crippen molar-refractivity contribution in [1.82, 2.24) is 14.6 Å². The third kappa shape index (κ3) is 6.09. The van der Waals surface area contributed by atoms with E-state index in [1.54, 1.807) is 0 Å². The smallest absolute Gasteiger partial charge is 0.270 e. The molecule has 0 aliphatic carbocycles. The number of primary amides is 1. The zero-order chi connectivity index (χ0) is 26.5. The maximum absolute atomic E-state index is 13.8. The molecule has 2 atom stereocenters. The van der Waals surface area contributed by atoms with Crippen LogP contribution in [-0.4, -0.2) is 46.3 Å². The van der Waals surface area contributed by atoms with Crippen molar-refractivity contribution < 1.29 is 27.9 Å². The number of carbonyl (C=O) groups excluding carboxylic acids is 3. The van der Waals surface area contributed by atoms with Gasteiger partial charge in [-0.1, -0.05) is 24.3 Å². The minimum absolute atomic E-state index is 0.0880. The normalized spacial score (nSPS) is 15.8. The van der Waals surface area contributed by atoms with E-state index < -0.39 is 35.4 Å². The molecule has 0 saturated carbocycles. The zero-order valence-corrected chi connectivity index (χ0v) is 20.5. The van der Waals surface area contributed by atoms with Crippen molar-refractivity contribution in [2.24, 2.45) is 5.73 Å². The Hall–Kier alpha value is -3.90. The van der Waals surface area contributed by atoms with Crippen molar-refractivity contribution in [1.29, 1.82) is 0 Å². The second kappa shape index (κ2) is 11.4. The predicted octanol–water partition coefficient (Wildman–Crippen LogP) is 2.78. The number of carbonyl (C=O) groups is 3. The fourth-order valence-corrected chi connectivity index (χ4v) is 4.82. The topological polar surface area (TPSA) is 141 Å². The van der Waals surface area contributed by atoms with Gasteiger partial charge >= 0.3 is 0 Å². The lowest BCUT2D eigenvalue weighted by molar-refractivity contribution is -0.126. The number of aromatic nitrogens is 1. The molecule has 1 fully saturated rings. The van der Waals surface area contributed by atoms with E-state index in [0.717, 1.165) is 12.8 Å². The van der Waals surface area contributed by atoms with Crippen molar-refractivity contribution >= 4 is 34.9 Å². The molecule has 3 amide bonds. The third-order valence-corrected chi connectivity index (χ3v) is 6.81. The maximum atomic E-state index is 13.8. The number of nitrogens with two attached hydrogens (primary N) is 2. The number of nitrogens with zero attached hydrogens (tertiary/aromatic N) is 2. The van der Waals surface area contributed by atoms with Gasteiger partial charge in [-0.05, 0) is 59.8 Å². The summed E-state index contributed by atoms with van der Waals surface area (Å²) in [7, 11) is 0. The molecular weight excluding hydrogens is 504 g/mol. The molecular formula is C25H25F2N5O4S. The van der Waals surface area contributed by atoms with Gasteiger partial charge in [-0.2, -0.15) is 4.37 Å². The molecule has 0 spiro atoms. The summed E-state index contributed by atoms with van der Waals surface area (Å²) in [4.78, 5) is 40.2. The average Bonchev–Trinajstić information content (AvgIpc) is 3.54. The van der Waals surface area contributed by atoms with Crippen LogP contribution in [0.3, 0.4) is 0 Å². The van der Waals surface area contributed by atoms with Gasteiger partial charge in [-0.25, -0.2) is 8.78 Å². The lowest BCUT2D eigenvalue weighted by Gasteiger charge is -2.31. The van der Waals surface area contributed by atoms with E-state index in [1.165, 1.54) is 53.4 Å². The number of nitrogens with one attached hydrogen (secondary N) is 1. The number of amides is 3. The lowest BCUT2D eigenvalue weighted by Crippen LogP contribution is -2.45. The highest BCUT2D eigenvalue weighted by Gasteiger charge is 2.35. The maximum Gasteiger partial charge on any atom is 0.270 e. The van der Waals surface area contributed by atoms with Gasteiger partial charge in [0.25, 0.3) is 11.8 Å². The predicted molar refractivity (Wildman–Crippen MR) is 132 cm³/mol. The van der Waals surface area contributed by atoms with Gasteiger partial charge in [-0.15, -0.1) is 0 Å². The van der Waals surface area contributed by atoms with Crippen LogP contribution in [0.4, 0.5) is 14.5 Å². The Morgan fingerprint density at radius 3 is 2.32 bits per heavy atom. The quantitative estimate of drug-likeness (QED) is 0.389. The van der Waals surface area contributed by atoms with Crippen LogP contribution in [0.2, 0.25) is 0 Å². The Kier molecular flexibility index (Phi) is 8.09. The van der Waals surface area contributed by atoms with E-state index in [1.807, 2.05) is 0 Å². The summed E-state index contributed by atoms with van der Waals surface area (Å²) in [6, 6.07) is 9.37. The fraction of sp³-hybridized carbons (Fsp3) is 0.280. The molecule has 3 aromatic rings. The first kappa shape index (κ1) is 26.2. The minimum atomic E-state index is -1.22. The number of nitrogen functional groups attached to an aromatic ring is 1. The lowest BCUT2D eigenvalue weighted by atomic mass is 10.0. The Morgan fingerprint density at radius 2 is 1.76 bits per heavy atom. The number of halogens is 2. The SMILES string of the molecule is NC(=O)c1nsc(C(=O)N(Cc2ccc(F)cc2)[C@@H](C(=O)NC[C@@H]2CCCO2)c2ccc(F)cc2)c1N. The molecule has 0 radical (unpaired) electrons. The molecule has 2 aromatic carbocycles. The highest BCUT2D eigenvalue weighted by Crippen LogP contribution is 2.30. The summed E-state index contributed by atoms with van der Waals surface area (Å²) in [6.07, 6.45) is 1.51. The molecule has 1 saturated heterocycles. The van der Waals surface area contributed by atoms with Crippen LogP contribution in [0.15, 0.2) is 48.5 Å². The Balaban J connectivity index is 1.75. The largest absolute Gasteiger partial charge is 0.395 e. The fourth-order valence-electron chi connectivity index (χ4n) is 4.06. The molecule has 0 bridgehead atoms. The third-order valence-electron chi connectivity index (χ3n) is 5.96. The van der Waals surface area contributed by atoms with Gasteiger partial charge in [0, 0.05) is 19.7 Å². The zero-order valence-electron chi connectivity index (χ0n) is 19.7. The van der Waals surface area contributed by atoms with Gasteiger partial charge in [0.15, 0.2) is 5.69 Å². The van der Waals surface area contributed by atoms with Crippen LogP contribution < -0.4 is 16.8 Å². The van der Waals surface area contributed by atoms with Crippen LogP contribution in [0, 0.1) is 11.6 Å². The van der Waals surface area contributed by atoms with Gasteiger partial charge in [0.05, 0.1) is 11.8 Å². The molecule has 12 heteroatoms. The van der Waals surface area contributed by atoms with Crippen LogP contribution in [0.5, 0.6) is 0 Å². The van der Waals surface area contributed by atoms with E-state index in [-0.39, 0.29) is 35.5 Å². The molecule has 37 heavy (non-hydrogen) atoms. The number of anilines is 1. The van der Waals surface area contributed by atoms with Crippen molar-refractivity contribution in [2.75, 3.05) is 18.9 Å². The van der Waals surface area contributed by atoms with Crippen molar-refractivity contribution in [3.8, 4) is 0 Å². The first-order valence-corrected chi connectivity index (χ1v) is 12.3. The van der Waals surface area contributed by atoms with E-state index >= 15 is 0 Å². The second-order valence-corrected chi connectivity index (χ2v) is 9.31. The first-order chi connectivity index (χ1) is 17.7. The van der Waals surface area contributed by atoms with Gasteiger partial charge in [0.2, 0.25) is 5.91 Å². The van der Waals surface area contributed by atoms with Crippen molar-refractivity contribution in [3.05, 3.63) is 81.9 Å². The summed E-state index contributed by atoms with van der Waals surface area (Å²) < 4.78 is 36.8.